The number of benzene rings is 1. The van der Waals surface area contributed by atoms with E-state index in [1.54, 1.807) is 0 Å². The number of thiophene rings is 1. The predicted molar refractivity (Wildman–Crippen MR) is 79.2 cm³/mol. The summed E-state index contributed by atoms with van der Waals surface area (Å²) in [7, 11) is 0. The van der Waals surface area contributed by atoms with Gasteiger partial charge in [-0.3, -0.25) is 0 Å². The van der Waals surface area contributed by atoms with Gasteiger partial charge in [-0.1, -0.05) is 12.1 Å². The van der Waals surface area contributed by atoms with Crippen molar-refractivity contribution in [2.75, 3.05) is 11.1 Å². The molecule has 0 aliphatic heterocycles. The van der Waals surface area contributed by atoms with Crippen molar-refractivity contribution in [1.82, 2.24) is 0 Å². The highest BCUT2D eigenvalue weighted by molar-refractivity contribution is 7.10. The van der Waals surface area contributed by atoms with Gasteiger partial charge in [-0.2, -0.15) is 0 Å². The van der Waals surface area contributed by atoms with Crippen molar-refractivity contribution < 1.29 is 0 Å². The Morgan fingerprint density at radius 3 is 3.11 bits per heavy atom. The minimum atomic E-state index is 0.420. The average Bonchev–Trinajstić information content (AvgIpc) is 2.84. The van der Waals surface area contributed by atoms with Gasteiger partial charge in [0.05, 0.1) is 17.4 Å². The second-order valence-electron chi connectivity index (χ2n) is 4.92. The molecule has 0 bridgehead atoms. The number of fused-ring (bicyclic) bond motifs is 1. The number of para-hydroxylation sites is 1. The lowest BCUT2D eigenvalue weighted by Crippen LogP contribution is -2.16. The van der Waals surface area contributed by atoms with Crippen LogP contribution in [0.4, 0.5) is 11.4 Å². The smallest absolute Gasteiger partial charge is 0.0581 e. The van der Waals surface area contributed by atoms with Crippen molar-refractivity contribution in [2.45, 2.75) is 32.2 Å². The van der Waals surface area contributed by atoms with Gasteiger partial charge in [0.25, 0.3) is 0 Å². The van der Waals surface area contributed by atoms with Gasteiger partial charge >= 0.3 is 0 Å². The number of rotatable bonds is 2. The van der Waals surface area contributed by atoms with Crippen LogP contribution in [-0.4, -0.2) is 0 Å². The van der Waals surface area contributed by atoms with Crippen molar-refractivity contribution in [2.24, 2.45) is 0 Å². The lowest BCUT2D eigenvalue weighted by Gasteiger charge is -2.25. The van der Waals surface area contributed by atoms with Crippen LogP contribution in [0.1, 0.15) is 34.9 Å². The molecule has 0 radical (unpaired) electrons. The molecule has 2 nitrogen and oxygen atoms in total. The summed E-state index contributed by atoms with van der Waals surface area (Å²) in [6.07, 6.45) is 3.68. The van der Waals surface area contributed by atoms with Crippen LogP contribution >= 0.6 is 11.3 Å². The highest BCUT2D eigenvalue weighted by atomic mass is 32.1. The first-order chi connectivity index (χ1) is 8.75. The summed E-state index contributed by atoms with van der Waals surface area (Å²) >= 11 is 1.88. The summed E-state index contributed by atoms with van der Waals surface area (Å²) in [4.78, 5) is 1.53. The molecule has 0 fully saturated rings. The molecule has 2 aromatic rings. The SMILES string of the molecule is Cc1cccc(NC2CCCc3sccc32)c1N. The number of hydrogen-bond donors (Lipinski definition) is 2. The zero-order chi connectivity index (χ0) is 12.5. The second-order valence-corrected chi connectivity index (χ2v) is 5.93. The summed E-state index contributed by atoms with van der Waals surface area (Å²) in [6.45, 7) is 2.05. The van der Waals surface area contributed by atoms with Crippen LogP contribution in [0, 0.1) is 6.92 Å². The number of nitrogens with two attached hydrogens (primary N) is 1. The summed E-state index contributed by atoms with van der Waals surface area (Å²) < 4.78 is 0. The highest BCUT2D eigenvalue weighted by Gasteiger charge is 2.21. The van der Waals surface area contributed by atoms with Crippen molar-refractivity contribution in [1.29, 1.82) is 0 Å². The fourth-order valence-corrected chi connectivity index (χ4v) is 3.62. The van der Waals surface area contributed by atoms with E-state index in [1.165, 1.54) is 29.7 Å². The summed E-state index contributed by atoms with van der Waals surface area (Å²) in [6, 6.07) is 8.86. The molecule has 1 unspecified atom stereocenters. The number of nitrogens with one attached hydrogen (secondary N) is 1. The van der Waals surface area contributed by atoms with Crippen molar-refractivity contribution >= 4 is 22.7 Å². The zero-order valence-electron chi connectivity index (χ0n) is 10.6. The van der Waals surface area contributed by atoms with E-state index in [4.69, 9.17) is 5.73 Å². The Morgan fingerprint density at radius 1 is 1.33 bits per heavy atom. The molecule has 94 valence electrons. The maximum Gasteiger partial charge on any atom is 0.0581 e. The molecule has 0 saturated heterocycles. The average molecular weight is 258 g/mol. The highest BCUT2D eigenvalue weighted by Crippen LogP contribution is 2.36. The molecule has 3 N–H and O–H groups in total. The fourth-order valence-electron chi connectivity index (χ4n) is 2.63. The normalized spacial score (nSPS) is 18.4. The first kappa shape index (κ1) is 11.6. The van der Waals surface area contributed by atoms with Crippen LogP contribution in [0.15, 0.2) is 29.6 Å². The Kier molecular flexibility index (Phi) is 3.00. The number of hydrogen-bond acceptors (Lipinski definition) is 3. The van der Waals surface area contributed by atoms with Gasteiger partial charge in [0.1, 0.15) is 0 Å². The lowest BCUT2D eigenvalue weighted by atomic mass is 9.93. The Hall–Kier alpha value is -1.48. The van der Waals surface area contributed by atoms with Gasteiger partial charge in [0, 0.05) is 4.88 Å². The lowest BCUT2D eigenvalue weighted by molar-refractivity contribution is 0.609. The first-order valence-corrected chi connectivity index (χ1v) is 7.31. The first-order valence-electron chi connectivity index (χ1n) is 6.43. The summed E-state index contributed by atoms with van der Waals surface area (Å²) in [5.74, 6) is 0. The van der Waals surface area contributed by atoms with E-state index in [1.807, 2.05) is 11.3 Å². The van der Waals surface area contributed by atoms with E-state index in [9.17, 15) is 0 Å². The Labute approximate surface area is 112 Å². The molecule has 3 heteroatoms. The fraction of sp³-hybridized carbons (Fsp3) is 0.333. The van der Waals surface area contributed by atoms with Crippen molar-refractivity contribution in [3.05, 3.63) is 45.6 Å². The molecule has 1 atom stereocenters. The largest absolute Gasteiger partial charge is 0.397 e. The molecule has 1 aliphatic rings. The van der Waals surface area contributed by atoms with Gasteiger partial charge < -0.3 is 11.1 Å². The topological polar surface area (TPSA) is 38.0 Å². The van der Waals surface area contributed by atoms with Crippen LogP contribution in [0.2, 0.25) is 0 Å². The third kappa shape index (κ3) is 1.99. The maximum atomic E-state index is 6.14. The quantitative estimate of drug-likeness (QED) is 0.795. The zero-order valence-corrected chi connectivity index (χ0v) is 11.4. The standard InChI is InChI=1S/C15H18N2S/c1-10-4-2-6-13(15(10)16)17-12-5-3-7-14-11(12)8-9-18-14/h2,4,6,8-9,12,17H,3,5,7,16H2,1H3. The molecule has 1 aromatic heterocycles. The molecule has 3 rings (SSSR count). The Morgan fingerprint density at radius 2 is 2.22 bits per heavy atom. The number of aryl methyl sites for hydroxylation is 2. The van der Waals surface area contributed by atoms with Crippen LogP contribution in [0.3, 0.4) is 0 Å². The third-order valence-electron chi connectivity index (χ3n) is 3.71. The molecule has 0 spiro atoms. The van der Waals surface area contributed by atoms with E-state index >= 15 is 0 Å². The number of nitrogen functional groups attached to an aromatic ring is 1. The Bertz CT molecular complexity index is 559. The van der Waals surface area contributed by atoms with E-state index in [0.29, 0.717) is 6.04 Å². The van der Waals surface area contributed by atoms with E-state index in [-0.39, 0.29) is 0 Å². The monoisotopic (exact) mass is 258 g/mol. The molecule has 1 heterocycles. The molecular weight excluding hydrogens is 240 g/mol. The molecular formula is C15H18N2S. The van der Waals surface area contributed by atoms with Gasteiger partial charge in [-0.05, 0) is 54.8 Å². The van der Waals surface area contributed by atoms with Crippen LogP contribution in [0.5, 0.6) is 0 Å². The molecule has 0 saturated carbocycles. The molecule has 1 aromatic carbocycles. The molecule has 0 amide bonds. The minimum Gasteiger partial charge on any atom is -0.397 e. The second kappa shape index (κ2) is 4.65. The van der Waals surface area contributed by atoms with Gasteiger partial charge in [-0.15, -0.1) is 11.3 Å². The summed E-state index contributed by atoms with van der Waals surface area (Å²) in [5, 5.41) is 5.81. The van der Waals surface area contributed by atoms with Crippen LogP contribution < -0.4 is 11.1 Å². The van der Waals surface area contributed by atoms with Crippen molar-refractivity contribution in [3.8, 4) is 0 Å². The van der Waals surface area contributed by atoms with Gasteiger partial charge in [-0.25, -0.2) is 0 Å². The van der Waals surface area contributed by atoms with Crippen LogP contribution in [0.25, 0.3) is 0 Å². The maximum absolute atomic E-state index is 6.14. The summed E-state index contributed by atoms with van der Waals surface area (Å²) in [5.41, 5.74) is 10.7. The van der Waals surface area contributed by atoms with Gasteiger partial charge in [0.15, 0.2) is 0 Å². The number of anilines is 2. The molecule has 18 heavy (non-hydrogen) atoms. The van der Waals surface area contributed by atoms with E-state index in [0.717, 1.165) is 16.9 Å². The van der Waals surface area contributed by atoms with Crippen LogP contribution in [-0.2, 0) is 6.42 Å². The third-order valence-corrected chi connectivity index (χ3v) is 4.70. The molecule has 1 aliphatic carbocycles. The Balaban J connectivity index is 1.88. The van der Waals surface area contributed by atoms with E-state index in [2.05, 4.69) is 41.9 Å². The van der Waals surface area contributed by atoms with Crippen molar-refractivity contribution in [3.63, 3.8) is 0 Å². The minimum absolute atomic E-state index is 0.420. The predicted octanol–water partition coefficient (Wildman–Crippen LogP) is 4.13. The van der Waals surface area contributed by atoms with E-state index < -0.39 is 0 Å². The van der Waals surface area contributed by atoms with Gasteiger partial charge in [0.2, 0.25) is 0 Å².